The van der Waals surface area contributed by atoms with Gasteiger partial charge in [-0.2, -0.15) is 0 Å². The molecule has 36 heavy (non-hydrogen) atoms. The Labute approximate surface area is 216 Å². The minimum absolute atomic E-state index is 0.0721. The molecule has 2 aromatic carbocycles. The molecular formula is C26H25FN4O3S2. The van der Waals surface area contributed by atoms with Gasteiger partial charge in [0, 0.05) is 23.6 Å². The van der Waals surface area contributed by atoms with Gasteiger partial charge in [-0.3, -0.25) is 4.79 Å². The van der Waals surface area contributed by atoms with E-state index in [1.807, 2.05) is 23.7 Å². The third-order valence-electron chi connectivity index (χ3n) is 5.59. The van der Waals surface area contributed by atoms with Crippen molar-refractivity contribution in [1.29, 1.82) is 0 Å². The molecule has 1 N–H and O–H groups in total. The highest BCUT2D eigenvalue weighted by molar-refractivity contribution is 7.99. The number of hydrogen-bond donors (Lipinski definition) is 1. The van der Waals surface area contributed by atoms with Gasteiger partial charge in [0.15, 0.2) is 11.0 Å². The maximum absolute atomic E-state index is 13.3. The maximum atomic E-state index is 13.3. The van der Waals surface area contributed by atoms with Crippen LogP contribution in [-0.2, 0) is 16.6 Å². The van der Waals surface area contributed by atoms with Crippen molar-refractivity contribution in [1.82, 2.24) is 14.8 Å². The first-order valence-corrected chi connectivity index (χ1v) is 13.0. The van der Waals surface area contributed by atoms with Crippen LogP contribution in [-0.4, -0.2) is 39.5 Å². The van der Waals surface area contributed by atoms with Crippen molar-refractivity contribution in [3.8, 4) is 22.5 Å². The zero-order valence-corrected chi connectivity index (χ0v) is 21.9. The minimum Gasteiger partial charge on any atom is -0.465 e. The molecule has 0 saturated heterocycles. The number of benzene rings is 2. The van der Waals surface area contributed by atoms with E-state index in [9.17, 15) is 14.0 Å². The number of carbonyl (C=O) groups is 2. The third-order valence-corrected chi connectivity index (χ3v) is 7.51. The zero-order chi connectivity index (χ0) is 25.8. The van der Waals surface area contributed by atoms with Crippen molar-refractivity contribution in [3.05, 3.63) is 70.9 Å². The monoisotopic (exact) mass is 524 g/mol. The number of aromatic nitrogens is 3. The molecule has 0 aliphatic carbocycles. The number of hydrogen-bond acceptors (Lipinski definition) is 7. The molecule has 7 nitrogen and oxygen atoms in total. The lowest BCUT2D eigenvalue weighted by Gasteiger charge is -2.08. The molecule has 0 radical (unpaired) electrons. The van der Waals surface area contributed by atoms with Crippen LogP contribution in [0.1, 0.15) is 35.7 Å². The number of nitrogens with one attached hydrogen (secondary N) is 1. The van der Waals surface area contributed by atoms with E-state index in [0.29, 0.717) is 33.0 Å². The average Bonchev–Trinajstić information content (AvgIpc) is 3.46. The Bertz CT molecular complexity index is 1380. The number of thioether (sulfide) groups is 1. The van der Waals surface area contributed by atoms with E-state index in [4.69, 9.17) is 4.74 Å². The van der Waals surface area contributed by atoms with E-state index >= 15 is 0 Å². The van der Waals surface area contributed by atoms with E-state index in [1.54, 1.807) is 17.5 Å². The standard InChI is InChI=1S/C26H25FN4O3S2/c1-15(2)16-5-7-18(8-6-16)23-29-30-26(31(23)3)36-14-21(32)28-24-22(25(33)34-4)20(13-35-24)17-9-11-19(27)12-10-17/h5-13,15H,14H2,1-4H3,(H,28,32). The summed E-state index contributed by atoms with van der Waals surface area (Å²) < 4.78 is 20.1. The smallest absolute Gasteiger partial charge is 0.341 e. The molecular weight excluding hydrogens is 499 g/mol. The van der Waals surface area contributed by atoms with Crippen LogP contribution in [0.4, 0.5) is 9.39 Å². The fourth-order valence-corrected chi connectivity index (χ4v) is 5.28. The Morgan fingerprint density at radius 3 is 2.39 bits per heavy atom. The van der Waals surface area contributed by atoms with Crippen LogP contribution in [0.3, 0.4) is 0 Å². The summed E-state index contributed by atoms with van der Waals surface area (Å²) in [5.41, 5.74) is 3.64. The average molecular weight is 525 g/mol. The minimum atomic E-state index is -0.583. The molecule has 0 spiro atoms. The van der Waals surface area contributed by atoms with Gasteiger partial charge in [-0.1, -0.05) is 62.0 Å². The van der Waals surface area contributed by atoms with E-state index in [-0.39, 0.29) is 23.0 Å². The Morgan fingerprint density at radius 1 is 1.08 bits per heavy atom. The highest BCUT2D eigenvalue weighted by atomic mass is 32.2. The second kappa shape index (κ2) is 11.0. The van der Waals surface area contributed by atoms with Crippen molar-refractivity contribution in [2.75, 3.05) is 18.2 Å². The van der Waals surface area contributed by atoms with Crippen molar-refractivity contribution in [2.45, 2.75) is 24.9 Å². The van der Waals surface area contributed by atoms with E-state index in [0.717, 1.165) is 5.56 Å². The Balaban J connectivity index is 1.46. The predicted octanol–water partition coefficient (Wildman–Crippen LogP) is 5.99. The van der Waals surface area contributed by atoms with Gasteiger partial charge >= 0.3 is 5.97 Å². The van der Waals surface area contributed by atoms with E-state index < -0.39 is 5.97 Å². The topological polar surface area (TPSA) is 86.1 Å². The first-order valence-electron chi connectivity index (χ1n) is 11.2. The Kier molecular flexibility index (Phi) is 7.85. The molecule has 0 unspecified atom stereocenters. The molecule has 2 heterocycles. The van der Waals surface area contributed by atoms with Crippen LogP contribution < -0.4 is 5.32 Å². The fourth-order valence-electron chi connectivity index (χ4n) is 3.60. The molecule has 2 aromatic heterocycles. The van der Waals surface area contributed by atoms with Crippen molar-refractivity contribution >= 4 is 40.0 Å². The molecule has 0 aliphatic rings. The van der Waals surface area contributed by atoms with E-state index in [1.165, 1.54) is 47.9 Å². The summed E-state index contributed by atoms with van der Waals surface area (Å²) >= 11 is 2.45. The number of methoxy groups -OCH3 is 1. The van der Waals surface area contributed by atoms with Gasteiger partial charge in [-0.05, 0) is 29.2 Å². The van der Waals surface area contributed by atoms with Gasteiger partial charge in [0.25, 0.3) is 0 Å². The van der Waals surface area contributed by atoms with E-state index in [2.05, 4.69) is 41.5 Å². The second-order valence-corrected chi connectivity index (χ2v) is 10.2. The summed E-state index contributed by atoms with van der Waals surface area (Å²) in [7, 11) is 3.13. The quantitative estimate of drug-likeness (QED) is 0.225. The van der Waals surface area contributed by atoms with Crippen molar-refractivity contribution < 1.29 is 18.7 Å². The summed E-state index contributed by atoms with van der Waals surface area (Å²) in [6, 6.07) is 14.0. The van der Waals surface area contributed by atoms with Crippen molar-refractivity contribution in [3.63, 3.8) is 0 Å². The number of carbonyl (C=O) groups excluding carboxylic acids is 2. The number of esters is 1. The lowest BCUT2D eigenvalue weighted by Crippen LogP contribution is -2.16. The fraction of sp³-hybridized carbons (Fsp3) is 0.231. The van der Waals surface area contributed by atoms with Crippen LogP contribution in [0.2, 0.25) is 0 Å². The first kappa shape index (κ1) is 25.6. The summed E-state index contributed by atoms with van der Waals surface area (Å²) in [4.78, 5) is 25.2. The molecule has 0 aliphatic heterocycles. The number of ether oxygens (including phenoxy) is 1. The van der Waals surface area contributed by atoms with Crippen LogP contribution in [0.5, 0.6) is 0 Å². The Morgan fingerprint density at radius 2 is 1.75 bits per heavy atom. The van der Waals surface area contributed by atoms with Crippen LogP contribution >= 0.6 is 23.1 Å². The number of amides is 1. The van der Waals surface area contributed by atoms with Gasteiger partial charge in [0.1, 0.15) is 16.4 Å². The molecule has 0 saturated carbocycles. The molecule has 4 rings (SSSR count). The van der Waals surface area contributed by atoms with Gasteiger partial charge in [-0.15, -0.1) is 21.5 Å². The van der Waals surface area contributed by atoms with Crippen LogP contribution in [0, 0.1) is 5.82 Å². The number of thiophene rings is 1. The van der Waals surface area contributed by atoms with Gasteiger partial charge < -0.3 is 14.6 Å². The number of nitrogens with zero attached hydrogens (tertiary/aromatic N) is 3. The number of rotatable bonds is 8. The maximum Gasteiger partial charge on any atom is 0.341 e. The molecule has 4 aromatic rings. The molecule has 0 fully saturated rings. The lowest BCUT2D eigenvalue weighted by atomic mass is 10.0. The van der Waals surface area contributed by atoms with Gasteiger partial charge in [0.05, 0.1) is 12.9 Å². The molecule has 10 heteroatoms. The summed E-state index contributed by atoms with van der Waals surface area (Å²) in [5.74, 6) is -0.0358. The molecule has 0 atom stereocenters. The second-order valence-electron chi connectivity index (χ2n) is 8.33. The zero-order valence-electron chi connectivity index (χ0n) is 20.2. The Hall–Kier alpha value is -3.50. The number of halogens is 1. The van der Waals surface area contributed by atoms with Gasteiger partial charge in [-0.25, -0.2) is 9.18 Å². The summed E-state index contributed by atoms with van der Waals surface area (Å²) in [6.07, 6.45) is 0. The highest BCUT2D eigenvalue weighted by Crippen LogP contribution is 2.36. The highest BCUT2D eigenvalue weighted by Gasteiger charge is 2.23. The van der Waals surface area contributed by atoms with Gasteiger partial charge in [0.2, 0.25) is 5.91 Å². The molecule has 1 amide bonds. The first-order chi connectivity index (χ1) is 17.3. The normalized spacial score (nSPS) is 11.1. The lowest BCUT2D eigenvalue weighted by molar-refractivity contribution is -0.113. The van der Waals surface area contributed by atoms with Crippen LogP contribution in [0.25, 0.3) is 22.5 Å². The predicted molar refractivity (Wildman–Crippen MR) is 141 cm³/mol. The summed E-state index contributed by atoms with van der Waals surface area (Å²) in [5, 5.41) is 14.0. The summed E-state index contributed by atoms with van der Waals surface area (Å²) in [6.45, 7) is 4.29. The third kappa shape index (κ3) is 5.50. The SMILES string of the molecule is COC(=O)c1c(-c2ccc(F)cc2)csc1NC(=O)CSc1nnc(-c2ccc(C(C)C)cc2)n1C. The largest absolute Gasteiger partial charge is 0.465 e. The van der Waals surface area contributed by atoms with Crippen molar-refractivity contribution in [2.24, 2.45) is 7.05 Å². The van der Waals surface area contributed by atoms with Crippen LogP contribution in [0.15, 0.2) is 59.1 Å². The number of anilines is 1. The molecule has 186 valence electrons. The molecule has 0 bridgehead atoms.